The molecule has 0 saturated carbocycles. The summed E-state index contributed by atoms with van der Waals surface area (Å²) in [6.07, 6.45) is 1.48. The maximum Gasteiger partial charge on any atom is 0.264 e. The Kier molecular flexibility index (Phi) is 8.38. The normalized spacial score (nSPS) is 14.7. The number of nitrogen functional groups attached to an aromatic ring is 1. The molecule has 5 aromatic rings. The van der Waals surface area contributed by atoms with Crippen LogP contribution in [0.5, 0.6) is 11.6 Å². The average Bonchev–Trinajstić information content (AvgIpc) is 3.49. The molecule has 1 aliphatic heterocycles. The first-order valence-electron chi connectivity index (χ1n) is 14.4. The number of methoxy groups -OCH3 is 2. The van der Waals surface area contributed by atoms with Gasteiger partial charge in [0.1, 0.15) is 33.8 Å². The second-order valence-corrected chi connectivity index (χ2v) is 12.5. The zero-order valence-corrected chi connectivity index (χ0v) is 26.0. The minimum absolute atomic E-state index is 0.0623. The predicted octanol–water partition coefficient (Wildman–Crippen LogP) is 4.85. The van der Waals surface area contributed by atoms with Crippen molar-refractivity contribution in [3.63, 3.8) is 0 Å². The van der Waals surface area contributed by atoms with E-state index in [1.807, 2.05) is 12.1 Å². The van der Waals surface area contributed by atoms with Crippen LogP contribution in [0.1, 0.15) is 16.8 Å². The lowest BCUT2D eigenvalue weighted by atomic mass is 9.99. The van der Waals surface area contributed by atoms with Crippen LogP contribution >= 0.6 is 0 Å². The van der Waals surface area contributed by atoms with Crippen LogP contribution in [0, 0.1) is 11.6 Å². The third-order valence-electron chi connectivity index (χ3n) is 7.84. The molecule has 1 amide bonds. The van der Waals surface area contributed by atoms with Gasteiger partial charge in [0.2, 0.25) is 5.88 Å². The van der Waals surface area contributed by atoms with Gasteiger partial charge in [-0.05, 0) is 66.6 Å². The van der Waals surface area contributed by atoms with Crippen molar-refractivity contribution in [2.75, 3.05) is 37.8 Å². The summed E-state index contributed by atoms with van der Waals surface area (Å²) in [5, 5.41) is 10.5. The highest BCUT2D eigenvalue weighted by molar-refractivity contribution is 7.92. The van der Waals surface area contributed by atoms with Crippen LogP contribution in [0.25, 0.3) is 33.2 Å². The number of rotatable bonds is 8. The molecule has 0 bridgehead atoms. The van der Waals surface area contributed by atoms with E-state index in [2.05, 4.69) is 14.7 Å². The zero-order valence-electron chi connectivity index (χ0n) is 25.2. The fourth-order valence-electron chi connectivity index (χ4n) is 5.48. The monoisotopic (exact) mass is 661 g/mol. The molecule has 1 fully saturated rings. The fourth-order valence-corrected chi connectivity index (χ4v) is 6.59. The molecule has 1 saturated heterocycles. The highest BCUT2D eigenvalue weighted by Crippen LogP contribution is 2.38. The highest BCUT2D eigenvalue weighted by atomic mass is 32.2. The van der Waals surface area contributed by atoms with Crippen LogP contribution in [-0.4, -0.2) is 67.7 Å². The molecule has 3 aromatic carbocycles. The van der Waals surface area contributed by atoms with Crippen molar-refractivity contribution in [2.45, 2.75) is 17.4 Å². The standard InChI is InChI=1S/C33H29F2N5O6S/c1-45-29-14-19(33(42)40-10-9-23(41)17-40)3-6-24(29)25-12-20-11-18(4-7-27(20)38-31(25)36)21-13-28(32(46-2)37-16-21)39-47(43,44)30-8-5-22(34)15-26(30)35/h3-8,11-16,23,39,41H,9-10,17H2,1-2H3,(H2,36,38). The zero-order chi connectivity index (χ0) is 33.5. The van der Waals surface area contributed by atoms with Gasteiger partial charge in [0, 0.05) is 53.0 Å². The molecule has 1 unspecified atom stereocenters. The lowest BCUT2D eigenvalue weighted by Crippen LogP contribution is -2.29. The molecule has 1 atom stereocenters. The summed E-state index contributed by atoms with van der Waals surface area (Å²) in [7, 11) is -1.68. The van der Waals surface area contributed by atoms with Gasteiger partial charge in [0.15, 0.2) is 0 Å². The number of hydrogen-bond acceptors (Lipinski definition) is 9. The molecule has 14 heteroatoms. The van der Waals surface area contributed by atoms with Crippen LogP contribution in [0.15, 0.2) is 77.8 Å². The van der Waals surface area contributed by atoms with E-state index in [-0.39, 0.29) is 29.8 Å². The molecule has 6 rings (SSSR count). The Balaban J connectivity index is 1.35. The van der Waals surface area contributed by atoms with E-state index in [0.717, 1.165) is 12.1 Å². The van der Waals surface area contributed by atoms with E-state index in [9.17, 15) is 27.1 Å². The number of ether oxygens (including phenoxy) is 2. The maximum absolute atomic E-state index is 14.3. The van der Waals surface area contributed by atoms with E-state index in [1.54, 1.807) is 35.2 Å². The molecule has 11 nitrogen and oxygen atoms in total. The number of β-amino-alcohol motifs (C(OH)–C–C–N with tert-alkyl or cyclic N) is 1. The molecule has 3 heterocycles. The Morgan fingerprint density at radius 2 is 1.81 bits per heavy atom. The Morgan fingerprint density at radius 3 is 2.51 bits per heavy atom. The number of anilines is 2. The molecule has 0 radical (unpaired) electrons. The highest BCUT2D eigenvalue weighted by Gasteiger charge is 2.26. The minimum Gasteiger partial charge on any atom is -0.496 e. The fraction of sp³-hybridized carbons (Fsp3) is 0.182. The predicted molar refractivity (Wildman–Crippen MR) is 172 cm³/mol. The maximum atomic E-state index is 14.3. The van der Waals surface area contributed by atoms with Gasteiger partial charge >= 0.3 is 0 Å². The number of carbonyl (C=O) groups is 1. The number of amides is 1. The van der Waals surface area contributed by atoms with Crippen molar-refractivity contribution < 1.29 is 36.6 Å². The second-order valence-electron chi connectivity index (χ2n) is 10.9. The van der Waals surface area contributed by atoms with Crippen molar-refractivity contribution in [3.05, 3.63) is 90.1 Å². The number of hydrogen-bond donors (Lipinski definition) is 3. The Bertz CT molecular complexity index is 2150. The smallest absolute Gasteiger partial charge is 0.264 e. The van der Waals surface area contributed by atoms with E-state index < -0.39 is 32.7 Å². The van der Waals surface area contributed by atoms with Gasteiger partial charge in [-0.15, -0.1) is 0 Å². The van der Waals surface area contributed by atoms with Crippen molar-refractivity contribution in [2.24, 2.45) is 0 Å². The van der Waals surface area contributed by atoms with E-state index >= 15 is 0 Å². The van der Waals surface area contributed by atoms with Crippen molar-refractivity contribution in [1.82, 2.24) is 14.9 Å². The molecular formula is C33H29F2N5O6S. The van der Waals surface area contributed by atoms with E-state index in [1.165, 1.54) is 26.5 Å². The van der Waals surface area contributed by atoms with Gasteiger partial charge in [-0.1, -0.05) is 6.07 Å². The summed E-state index contributed by atoms with van der Waals surface area (Å²) in [4.78, 5) is 22.6. The first-order chi connectivity index (χ1) is 22.5. The van der Waals surface area contributed by atoms with Gasteiger partial charge in [-0.25, -0.2) is 27.2 Å². The first kappa shape index (κ1) is 31.6. The number of aliphatic hydroxyl groups excluding tert-OH is 1. The van der Waals surface area contributed by atoms with Crippen LogP contribution in [0.2, 0.25) is 0 Å². The molecule has 1 aliphatic rings. The van der Waals surface area contributed by atoms with E-state index in [4.69, 9.17) is 15.2 Å². The van der Waals surface area contributed by atoms with E-state index in [0.29, 0.717) is 63.5 Å². The van der Waals surface area contributed by atoms with Crippen LogP contribution < -0.4 is 19.9 Å². The third kappa shape index (κ3) is 6.24. The molecule has 242 valence electrons. The first-order valence-corrected chi connectivity index (χ1v) is 15.8. The van der Waals surface area contributed by atoms with Crippen molar-refractivity contribution in [1.29, 1.82) is 0 Å². The number of sulfonamides is 1. The second kappa shape index (κ2) is 12.5. The number of nitrogens with zero attached hydrogens (tertiary/aromatic N) is 3. The van der Waals surface area contributed by atoms with Gasteiger partial charge in [0.25, 0.3) is 15.9 Å². The number of carbonyl (C=O) groups excluding carboxylic acids is 1. The number of halogens is 2. The molecule has 47 heavy (non-hydrogen) atoms. The third-order valence-corrected chi connectivity index (χ3v) is 9.24. The number of aliphatic hydroxyl groups is 1. The average molecular weight is 662 g/mol. The number of fused-ring (bicyclic) bond motifs is 1. The Hall–Kier alpha value is -5.34. The quantitative estimate of drug-likeness (QED) is 0.212. The number of nitrogens with two attached hydrogens (primary N) is 1. The largest absolute Gasteiger partial charge is 0.496 e. The summed E-state index contributed by atoms with van der Waals surface area (Å²) in [6, 6.07) is 15.8. The number of pyridine rings is 2. The molecule has 2 aromatic heterocycles. The number of benzene rings is 3. The lowest BCUT2D eigenvalue weighted by Gasteiger charge is -2.17. The lowest BCUT2D eigenvalue weighted by molar-refractivity contribution is 0.0764. The summed E-state index contributed by atoms with van der Waals surface area (Å²) in [5.74, 6) is -1.79. The summed E-state index contributed by atoms with van der Waals surface area (Å²) in [6.45, 7) is 0.745. The van der Waals surface area contributed by atoms with Crippen LogP contribution in [-0.2, 0) is 10.0 Å². The SMILES string of the molecule is COc1cc(C(=O)N2CCC(O)C2)ccc1-c1cc2cc(-c3cnc(OC)c(NS(=O)(=O)c4ccc(F)cc4F)c3)ccc2nc1N. The number of likely N-dealkylation sites (tertiary alicyclic amines) is 1. The van der Waals surface area contributed by atoms with Crippen LogP contribution in [0.4, 0.5) is 20.3 Å². The van der Waals surface area contributed by atoms with Crippen LogP contribution in [0.3, 0.4) is 0 Å². The minimum atomic E-state index is -4.47. The summed E-state index contributed by atoms with van der Waals surface area (Å²) in [5.41, 5.74) is 9.61. The van der Waals surface area contributed by atoms with Crippen molar-refractivity contribution >= 4 is 38.3 Å². The topological polar surface area (TPSA) is 157 Å². The number of nitrogens with one attached hydrogen (secondary N) is 1. The Labute approximate surface area is 268 Å². The summed E-state index contributed by atoms with van der Waals surface area (Å²) < 4.78 is 66.9. The molecule has 0 spiro atoms. The van der Waals surface area contributed by atoms with Crippen molar-refractivity contribution in [3.8, 4) is 33.9 Å². The van der Waals surface area contributed by atoms with Gasteiger partial charge in [-0.2, -0.15) is 0 Å². The molecular weight excluding hydrogens is 632 g/mol. The van der Waals surface area contributed by atoms with Gasteiger partial charge in [0.05, 0.1) is 25.8 Å². The molecule has 0 aliphatic carbocycles. The van der Waals surface area contributed by atoms with Gasteiger partial charge < -0.3 is 25.2 Å². The summed E-state index contributed by atoms with van der Waals surface area (Å²) >= 11 is 0. The van der Waals surface area contributed by atoms with Gasteiger partial charge in [-0.3, -0.25) is 9.52 Å². The molecule has 4 N–H and O–H groups in total. The Morgan fingerprint density at radius 1 is 1.00 bits per heavy atom. The number of aromatic nitrogens is 2.